The quantitative estimate of drug-likeness (QED) is 0.872. The van der Waals surface area contributed by atoms with E-state index in [9.17, 15) is 4.79 Å². The lowest BCUT2D eigenvalue weighted by molar-refractivity contribution is -0.120. The zero-order valence-corrected chi connectivity index (χ0v) is 13.4. The maximum atomic E-state index is 11.4. The molecule has 21 heavy (non-hydrogen) atoms. The van der Waals surface area contributed by atoms with Crippen LogP contribution in [0, 0.1) is 12.8 Å². The van der Waals surface area contributed by atoms with Crippen molar-refractivity contribution in [1.29, 1.82) is 0 Å². The summed E-state index contributed by atoms with van der Waals surface area (Å²) in [4.78, 5) is 13.7. The van der Waals surface area contributed by atoms with E-state index < -0.39 is 0 Å². The minimum atomic E-state index is 0.157. The van der Waals surface area contributed by atoms with Crippen molar-refractivity contribution in [3.05, 3.63) is 29.3 Å². The molecule has 0 saturated carbocycles. The Morgan fingerprint density at radius 3 is 2.86 bits per heavy atom. The molecule has 1 saturated heterocycles. The fraction of sp³-hybridized carbons (Fsp3) is 0.588. The standard InChI is InChI=1S/C17H27N3O/c1-13(2)11-18-12-15-4-5-16(14(3)10-15)20-8-6-17(21)19-7-9-20/h4-5,10,13,18H,6-9,11-12H2,1-3H3,(H,19,21). The van der Waals surface area contributed by atoms with E-state index in [0.717, 1.165) is 32.7 Å². The first kappa shape index (κ1) is 15.8. The summed E-state index contributed by atoms with van der Waals surface area (Å²) < 4.78 is 0. The average molecular weight is 289 g/mol. The van der Waals surface area contributed by atoms with Crippen molar-refractivity contribution >= 4 is 11.6 Å². The van der Waals surface area contributed by atoms with Crippen LogP contribution in [0.3, 0.4) is 0 Å². The van der Waals surface area contributed by atoms with Gasteiger partial charge in [0.1, 0.15) is 0 Å². The van der Waals surface area contributed by atoms with E-state index in [1.807, 2.05) is 0 Å². The van der Waals surface area contributed by atoms with Gasteiger partial charge in [-0.05, 0) is 36.6 Å². The second-order valence-corrected chi connectivity index (χ2v) is 6.23. The van der Waals surface area contributed by atoms with Gasteiger partial charge in [-0.3, -0.25) is 4.79 Å². The van der Waals surface area contributed by atoms with Crippen LogP contribution >= 0.6 is 0 Å². The third-order valence-corrected chi connectivity index (χ3v) is 3.80. The van der Waals surface area contributed by atoms with E-state index in [2.05, 4.69) is 54.5 Å². The lowest BCUT2D eigenvalue weighted by Crippen LogP contribution is -2.29. The Hall–Kier alpha value is -1.55. The zero-order chi connectivity index (χ0) is 15.2. The summed E-state index contributed by atoms with van der Waals surface area (Å²) in [5.41, 5.74) is 3.85. The van der Waals surface area contributed by atoms with Gasteiger partial charge >= 0.3 is 0 Å². The van der Waals surface area contributed by atoms with Gasteiger partial charge in [0.05, 0.1) is 0 Å². The van der Waals surface area contributed by atoms with Gasteiger partial charge in [-0.25, -0.2) is 0 Å². The Labute approximate surface area is 127 Å². The van der Waals surface area contributed by atoms with E-state index in [1.54, 1.807) is 0 Å². The summed E-state index contributed by atoms with van der Waals surface area (Å²) >= 11 is 0. The number of carbonyl (C=O) groups excluding carboxylic acids is 1. The van der Waals surface area contributed by atoms with Crippen LogP contribution in [0.5, 0.6) is 0 Å². The van der Waals surface area contributed by atoms with E-state index in [4.69, 9.17) is 0 Å². The van der Waals surface area contributed by atoms with E-state index in [1.165, 1.54) is 16.8 Å². The van der Waals surface area contributed by atoms with Crippen molar-refractivity contribution in [2.45, 2.75) is 33.7 Å². The topological polar surface area (TPSA) is 44.4 Å². The Morgan fingerprint density at radius 2 is 2.14 bits per heavy atom. The van der Waals surface area contributed by atoms with Crippen molar-refractivity contribution in [2.75, 3.05) is 31.1 Å². The lowest BCUT2D eigenvalue weighted by Gasteiger charge is -2.24. The molecule has 2 N–H and O–H groups in total. The van der Waals surface area contributed by atoms with Gasteiger partial charge in [-0.2, -0.15) is 0 Å². The van der Waals surface area contributed by atoms with Crippen LogP contribution < -0.4 is 15.5 Å². The SMILES string of the molecule is Cc1cc(CNCC(C)C)ccc1N1CCNC(=O)CC1. The largest absolute Gasteiger partial charge is 0.369 e. The molecule has 0 aromatic heterocycles. The van der Waals surface area contributed by atoms with Gasteiger partial charge in [0.2, 0.25) is 5.91 Å². The average Bonchev–Trinajstić information content (AvgIpc) is 2.63. The van der Waals surface area contributed by atoms with Crippen LogP contribution in [0.4, 0.5) is 5.69 Å². The maximum absolute atomic E-state index is 11.4. The van der Waals surface area contributed by atoms with Crippen molar-refractivity contribution < 1.29 is 4.79 Å². The monoisotopic (exact) mass is 289 g/mol. The number of hydrogen-bond acceptors (Lipinski definition) is 3. The Morgan fingerprint density at radius 1 is 1.33 bits per heavy atom. The number of nitrogens with one attached hydrogen (secondary N) is 2. The number of aryl methyl sites for hydroxylation is 1. The molecule has 2 rings (SSSR count). The number of hydrogen-bond donors (Lipinski definition) is 2. The minimum absolute atomic E-state index is 0.157. The van der Waals surface area contributed by atoms with Gasteiger partial charge in [0.25, 0.3) is 0 Å². The van der Waals surface area contributed by atoms with Crippen molar-refractivity contribution in [3.63, 3.8) is 0 Å². The highest BCUT2D eigenvalue weighted by Gasteiger charge is 2.15. The van der Waals surface area contributed by atoms with Crippen molar-refractivity contribution in [3.8, 4) is 0 Å². The molecule has 0 unspecified atom stereocenters. The fourth-order valence-corrected chi connectivity index (χ4v) is 2.70. The van der Waals surface area contributed by atoms with Crippen molar-refractivity contribution in [1.82, 2.24) is 10.6 Å². The molecule has 1 amide bonds. The summed E-state index contributed by atoms with van der Waals surface area (Å²) in [5.74, 6) is 0.831. The first-order valence-corrected chi connectivity index (χ1v) is 7.88. The zero-order valence-electron chi connectivity index (χ0n) is 13.4. The molecule has 0 radical (unpaired) electrons. The van der Waals surface area contributed by atoms with Crippen LogP contribution in [0.1, 0.15) is 31.4 Å². The molecule has 116 valence electrons. The van der Waals surface area contributed by atoms with Gasteiger partial charge in [0, 0.05) is 38.3 Å². The van der Waals surface area contributed by atoms with Crippen molar-refractivity contribution in [2.24, 2.45) is 5.92 Å². The van der Waals surface area contributed by atoms with Crippen LogP contribution in [0.25, 0.3) is 0 Å². The highest BCUT2D eigenvalue weighted by molar-refractivity contribution is 5.77. The minimum Gasteiger partial charge on any atom is -0.369 e. The molecule has 0 atom stereocenters. The summed E-state index contributed by atoms with van der Waals surface area (Å²) in [7, 11) is 0. The first-order chi connectivity index (χ1) is 10.1. The first-order valence-electron chi connectivity index (χ1n) is 7.88. The molecule has 0 bridgehead atoms. The second-order valence-electron chi connectivity index (χ2n) is 6.23. The Bertz CT molecular complexity index is 485. The normalized spacial score (nSPS) is 16.0. The predicted octanol–water partition coefficient (Wildman–Crippen LogP) is 2.07. The van der Waals surface area contributed by atoms with E-state index in [-0.39, 0.29) is 5.91 Å². The van der Waals surface area contributed by atoms with Gasteiger partial charge in [0.15, 0.2) is 0 Å². The maximum Gasteiger partial charge on any atom is 0.221 e. The molecule has 1 aliphatic heterocycles. The Balaban J connectivity index is 1.99. The lowest BCUT2D eigenvalue weighted by atomic mass is 10.1. The van der Waals surface area contributed by atoms with E-state index >= 15 is 0 Å². The van der Waals surface area contributed by atoms with Crippen LogP contribution in [0.2, 0.25) is 0 Å². The summed E-state index contributed by atoms with van der Waals surface area (Å²) in [5, 5.41) is 6.40. The highest BCUT2D eigenvalue weighted by Crippen LogP contribution is 2.22. The predicted molar refractivity (Wildman–Crippen MR) is 87.6 cm³/mol. The number of carbonyl (C=O) groups is 1. The van der Waals surface area contributed by atoms with Gasteiger partial charge in [-0.1, -0.05) is 26.0 Å². The molecule has 1 aromatic carbocycles. The second kappa shape index (κ2) is 7.46. The van der Waals surface area contributed by atoms with Gasteiger partial charge < -0.3 is 15.5 Å². The smallest absolute Gasteiger partial charge is 0.221 e. The number of benzene rings is 1. The summed E-state index contributed by atoms with van der Waals surface area (Å²) in [6.45, 7) is 11.0. The third kappa shape index (κ3) is 4.74. The number of nitrogens with zero attached hydrogens (tertiary/aromatic N) is 1. The number of amides is 1. The molecular weight excluding hydrogens is 262 g/mol. The molecule has 1 fully saturated rings. The van der Waals surface area contributed by atoms with Crippen LogP contribution in [0.15, 0.2) is 18.2 Å². The molecule has 4 nitrogen and oxygen atoms in total. The molecule has 0 aliphatic carbocycles. The molecule has 0 spiro atoms. The molecule has 1 aromatic rings. The fourth-order valence-electron chi connectivity index (χ4n) is 2.70. The molecule has 1 heterocycles. The highest BCUT2D eigenvalue weighted by atomic mass is 16.1. The molecule has 4 heteroatoms. The number of rotatable bonds is 5. The molecule has 1 aliphatic rings. The van der Waals surface area contributed by atoms with Crippen LogP contribution in [-0.4, -0.2) is 32.1 Å². The van der Waals surface area contributed by atoms with E-state index in [0.29, 0.717) is 12.3 Å². The Kier molecular flexibility index (Phi) is 5.62. The third-order valence-electron chi connectivity index (χ3n) is 3.80. The molecular formula is C17H27N3O. The summed E-state index contributed by atoms with van der Waals surface area (Å²) in [6.07, 6.45) is 0.580. The number of anilines is 1. The van der Waals surface area contributed by atoms with Gasteiger partial charge in [-0.15, -0.1) is 0 Å². The summed E-state index contributed by atoms with van der Waals surface area (Å²) in [6, 6.07) is 6.64. The van der Waals surface area contributed by atoms with Crippen LogP contribution in [-0.2, 0) is 11.3 Å².